The number of pyridine rings is 1. The van der Waals surface area contributed by atoms with E-state index in [9.17, 15) is 0 Å². The Kier molecular flexibility index (Phi) is 5.80. The lowest BCUT2D eigenvalue weighted by Crippen LogP contribution is -2.30. The molecule has 1 N–H and O–H groups in total. The molecule has 20 heavy (non-hydrogen) atoms. The van der Waals surface area contributed by atoms with Crippen molar-refractivity contribution < 1.29 is 4.74 Å². The van der Waals surface area contributed by atoms with Crippen LogP contribution in [-0.2, 0) is 4.74 Å². The van der Waals surface area contributed by atoms with Crippen molar-refractivity contribution in [3.05, 3.63) is 23.9 Å². The minimum absolute atomic E-state index is 0.375. The molecule has 1 aromatic heterocycles. The molecular formula is C16H27N3O. The number of hydrogen-bond acceptors (Lipinski definition) is 4. The molecule has 4 heteroatoms. The van der Waals surface area contributed by atoms with E-state index in [4.69, 9.17) is 4.74 Å². The molecule has 1 aliphatic carbocycles. The van der Waals surface area contributed by atoms with Gasteiger partial charge in [-0.2, -0.15) is 0 Å². The zero-order chi connectivity index (χ0) is 14.4. The highest BCUT2D eigenvalue weighted by Gasteiger charge is 2.29. The number of ether oxygens (including phenoxy) is 1. The molecular weight excluding hydrogens is 250 g/mol. The zero-order valence-corrected chi connectivity index (χ0v) is 12.9. The number of nitrogens with zero attached hydrogens (tertiary/aromatic N) is 2. The van der Waals surface area contributed by atoms with Crippen LogP contribution in [0.3, 0.4) is 0 Å². The van der Waals surface area contributed by atoms with Crippen molar-refractivity contribution in [1.82, 2.24) is 10.3 Å². The first-order valence-corrected chi connectivity index (χ1v) is 7.71. The lowest BCUT2D eigenvalue weighted by molar-refractivity contribution is 0.204. The molecule has 1 atom stereocenters. The van der Waals surface area contributed by atoms with Crippen LogP contribution < -0.4 is 10.2 Å². The first kappa shape index (κ1) is 15.3. The van der Waals surface area contributed by atoms with Gasteiger partial charge in [0.15, 0.2) is 0 Å². The third kappa shape index (κ3) is 4.18. The van der Waals surface area contributed by atoms with Crippen molar-refractivity contribution in [3.8, 4) is 0 Å². The van der Waals surface area contributed by atoms with Gasteiger partial charge in [-0.25, -0.2) is 4.98 Å². The van der Waals surface area contributed by atoms with Crippen LogP contribution in [0.4, 0.5) is 5.82 Å². The second-order valence-corrected chi connectivity index (χ2v) is 5.54. The standard InChI is InChI=1S/C16H27N3O/c1-4-8-17-13(2)14-7-9-18-16(12-14)19(10-11-20-3)15-5-6-15/h7,9,12-13,15,17H,4-6,8,10-11H2,1-3H3. The summed E-state index contributed by atoms with van der Waals surface area (Å²) in [6.07, 6.45) is 5.64. The maximum atomic E-state index is 5.22. The minimum Gasteiger partial charge on any atom is -0.383 e. The Morgan fingerprint density at radius 3 is 2.95 bits per heavy atom. The molecule has 4 nitrogen and oxygen atoms in total. The van der Waals surface area contributed by atoms with Crippen LogP contribution in [0.25, 0.3) is 0 Å². The molecule has 0 radical (unpaired) electrons. The van der Waals surface area contributed by atoms with Gasteiger partial charge in [0, 0.05) is 31.9 Å². The molecule has 0 bridgehead atoms. The fourth-order valence-electron chi connectivity index (χ4n) is 2.40. The maximum absolute atomic E-state index is 5.22. The van der Waals surface area contributed by atoms with Crippen LogP contribution in [0, 0.1) is 0 Å². The smallest absolute Gasteiger partial charge is 0.129 e. The van der Waals surface area contributed by atoms with Gasteiger partial charge in [0.05, 0.1) is 6.61 Å². The molecule has 0 aliphatic heterocycles. The Hall–Kier alpha value is -1.13. The van der Waals surface area contributed by atoms with E-state index in [-0.39, 0.29) is 0 Å². The van der Waals surface area contributed by atoms with Gasteiger partial charge in [-0.1, -0.05) is 6.92 Å². The number of nitrogens with one attached hydrogen (secondary N) is 1. The second kappa shape index (κ2) is 7.60. The summed E-state index contributed by atoms with van der Waals surface area (Å²) in [4.78, 5) is 6.95. The van der Waals surface area contributed by atoms with Gasteiger partial charge in [-0.15, -0.1) is 0 Å². The van der Waals surface area contributed by atoms with Gasteiger partial charge in [0.25, 0.3) is 0 Å². The van der Waals surface area contributed by atoms with Crippen LogP contribution >= 0.6 is 0 Å². The molecule has 1 aromatic rings. The van der Waals surface area contributed by atoms with E-state index in [2.05, 4.69) is 41.2 Å². The molecule has 2 rings (SSSR count). The fraction of sp³-hybridized carbons (Fsp3) is 0.688. The highest BCUT2D eigenvalue weighted by Crippen LogP contribution is 2.31. The Morgan fingerprint density at radius 2 is 2.30 bits per heavy atom. The second-order valence-electron chi connectivity index (χ2n) is 5.54. The van der Waals surface area contributed by atoms with E-state index in [0.29, 0.717) is 12.1 Å². The lowest BCUT2D eigenvalue weighted by Gasteiger charge is -2.24. The summed E-state index contributed by atoms with van der Waals surface area (Å²) in [5.74, 6) is 1.09. The normalized spacial score (nSPS) is 16.1. The molecule has 1 saturated carbocycles. The van der Waals surface area contributed by atoms with Crippen molar-refractivity contribution in [2.45, 2.75) is 45.2 Å². The number of rotatable bonds is 9. The van der Waals surface area contributed by atoms with E-state index in [1.54, 1.807) is 7.11 Å². The summed E-state index contributed by atoms with van der Waals surface area (Å²) in [5.41, 5.74) is 1.31. The molecule has 1 heterocycles. The largest absolute Gasteiger partial charge is 0.383 e. The highest BCUT2D eigenvalue weighted by atomic mass is 16.5. The van der Waals surface area contributed by atoms with E-state index in [0.717, 1.165) is 31.9 Å². The lowest BCUT2D eigenvalue weighted by atomic mass is 10.1. The number of methoxy groups -OCH3 is 1. The number of anilines is 1. The zero-order valence-electron chi connectivity index (χ0n) is 12.9. The van der Waals surface area contributed by atoms with Gasteiger partial charge in [0.2, 0.25) is 0 Å². The van der Waals surface area contributed by atoms with Crippen LogP contribution in [-0.4, -0.2) is 37.8 Å². The van der Waals surface area contributed by atoms with E-state index >= 15 is 0 Å². The van der Waals surface area contributed by atoms with E-state index in [1.165, 1.54) is 18.4 Å². The molecule has 112 valence electrons. The van der Waals surface area contributed by atoms with Crippen molar-refractivity contribution in [2.24, 2.45) is 0 Å². The summed E-state index contributed by atoms with van der Waals surface area (Å²) >= 11 is 0. The van der Waals surface area contributed by atoms with Crippen LogP contribution in [0.2, 0.25) is 0 Å². The van der Waals surface area contributed by atoms with Gasteiger partial charge in [0.1, 0.15) is 5.82 Å². The van der Waals surface area contributed by atoms with Crippen LogP contribution in [0.15, 0.2) is 18.3 Å². The molecule has 1 fully saturated rings. The Bertz CT molecular complexity index is 406. The number of aromatic nitrogens is 1. The summed E-state index contributed by atoms with van der Waals surface area (Å²) in [6, 6.07) is 5.37. The fourth-order valence-corrected chi connectivity index (χ4v) is 2.40. The van der Waals surface area contributed by atoms with Gasteiger partial charge in [-0.05, 0) is 50.4 Å². The third-order valence-electron chi connectivity index (χ3n) is 3.79. The monoisotopic (exact) mass is 277 g/mol. The van der Waals surface area contributed by atoms with Crippen LogP contribution in [0.1, 0.15) is 44.7 Å². The Labute approximate surface area is 122 Å². The average molecular weight is 277 g/mol. The first-order chi connectivity index (χ1) is 9.76. The predicted octanol–water partition coefficient (Wildman–Crippen LogP) is 2.76. The van der Waals surface area contributed by atoms with Crippen molar-refractivity contribution >= 4 is 5.82 Å². The molecule has 0 spiro atoms. The van der Waals surface area contributed by atoms with Crippen molar-refractivity contribution in [2.75, 3.05) is 31.7 Å². The van der Waals surface area contributed by atoms with E-state index in [1.807, 2.05) is 6.20 Å². The van der Waals surface area contributed by atoms with Crippen molar-refractivity contribution in [1.29, 1.82) is 0 Å². The van der Waals surface area contributed by atoms with Gasteiger partial charge in [-0.3, -0.25) is 0 Å². The van der Waals surface area contributed by atoms with E-state index < -0.39 is 0 Å². The predicted molar refractivity (Wildman–Crippen MR) is 83.2 cm³/mol. The van der Waals surface area contributed by atoms with Crippen LogP contribution in [0.5, 0.6) is 0 Å². The molecule has 1 unspecified atom stereocenters. The highest BCUT2D eigenvalue weighted by molar-refractivity contribution is 5.44. The maximum Gasteiger partial charge on any atom is 0.129 e. The first-order valence-electron chi connectivity index (χ1n) is 7.71. The average Bonchev–Trinajstić information content (AvgIpc) is 3.30. The minimum atomic E-state index is 0.375. The summed E-state index contributed by atoms with van der Waals surface area (Å²) in [5, 5.41) is 3.53. The molecule has 0 saturated heterocycles. The van der Waals surface area contributed by atoms with Gasteiger partial charge < -0.3 is 15.0 Å². The Balaban J connectivity index is 2.06. The topological polar surface area (TPSA) is 37.4 Å². The quantitative estimate of drug-likeness (QED) is 0.753. The molecule has 1 aliphatic rings. The molecule has 0 aromatic carbocycles. The Morgan fingerprint density at radius 1 is 1.50 bits per heavy atom. The molecule has 0 amide bonds. The summed E-state index contributed by atoms with van der Waals surface area (Å²) in [7, 11) is 1.76. The SMILES string of the molecule is CCCNC(C)c1ccnc(N(CCOC)C2CC2)c1. The third-order valence-corrected chi connectivity index (χ3v) is 3.79. The summed E-state index contributed by atoms with van der Waals surface area (Å²) in [6.45, 7) is 7.14. The summed E-state index contributed by atoms with van der Waals surface area (Å²) < 4.78 is 5.22. The van der Waals surface area contributed by atoms with Gasteiger partial charge >= 0.3 is 0 Å². The number of hydrogen-bond donors (Lipinski definition) is 1. The van der Waals surface area contributed by atoms with Crippen molar-refractivity contribution in [3.63, 3.8) is 0 Å².